The van der Waals surface area contributed by atoms with Crippen LogP contribution < -0.4 is 4.90 Å². The molecule has 0 radical (unpaired) electrons. The fraction of sp³-hybridized carbons (Fsp3) is 0.417. The van der Waals surface area contributed by atoms with Gasteiger partial charge in [0.1, 0.15) is 0 Å². The Bertz CT molecular complexity index is 1200. The number of hydrogen-bond donors (Lipinski definition) is 0. The van der Waals surface area contributed by atoms with Crippen molar-refractivity contribution in [3.8, 4) is 0 Å². The Kier molecular flexibility index (Phi) is 7.89. The zero-order chi connectivity index (χ0) is 24.3. The van der Waals surface area contributed by atoms with Crippen molar-refractivity contribution < 1.29 is 13.2 Å². The highest BCUT2D eigenvalue weighted by Gasteiger charge is 2.34. The highest BCUT2D eigenvalue weighted by atomic mass is 35.5. The van der Waals surface area contributed by atoms with Crippen LogP contribution in [0.4, 0.5) is 5.13 Å². The Balaban J connectivity index is 1.48. The van der Waals surface area contributed by atoms with Crippen LogP contribution in [0.1, 0.15) is 19.3 Å². The van der Waals surface area contributed by atoms with E-state index in [2.05, 4.69) is 4.90 Å². The molecule has 1 fully saturated rings. The lowest BCUT2D eigenvalue weighted by atomic mass is 9.96. The molecular weight excluding hydrogens is 492 g/mol. The van der Waals surface area contributed by atoms with E-state index in [0.717, 1.165) is 23.2 Å². The van der Waals surface area contributed by atoms with E-state index in [4.69, 9.17) is 16.6 Å². The molecule has 3 aromatic rings. The molecule has 0 atom stereocenters. The van der Waals surface area contributed by atoms with E-state index < -0.39 is 10.0 Å². The van der Waals surface area contributed by atoms with Gasteiger partial charge in [0.2, 0.25) is 15.9 Å². The number of carbonyl (C=O) groups is 1. The summed E-state index contributed by atoms with van der Waals surface area (Å²) in [6.07, 6.45) is 1.81. The monoisotopic (exact) mass is 520 g/mol. The first-order chi connectivity index (χ1) is 16.3. The van der Waals surface area contributed by atoms with Gasteiger partial charge in [-0.25, -0.2) is 13.4 Å². The molecule has 4 rings (SSSR count). The average Bonchev–Trinajstić information content (AvgIpc) is 3.25. The van der Waals surface area contributed by atoms with Crippen molar-refractivity contribution in [1.82, 2.24) is 14.2 Å². The highest BCUT2D eigenvalue weighted by Crippen LogP contribution is 2.32. The first-order valence-corrected chi connectivity index (χ1v) is 14.0. The molecule has 1 saturated heterocycles. The van der Waals surface area contributed by atoms with Crippen molar-refractivity contribution in [2.75, 3.05) is 45.2 Å². The minimum Gasteiger partial charge on any atom is -0.309 e. The Morgan fingerprint density at radius 1 is 1.09 bits per heavy atom. The Hall–Kier alpha value is -2.04. The van der Waals surface area contributed by atoms with Crippen LogP contribution in [-0.4, -0.2) is 68.8 Å². The summed E-state index contributed by atoms with van der Waals surface area (Å²) in [5, 5.41) is 1.20. The maximum atomic E-state index is 13.6. The number of halogens is 1. The molecule has 0 saturated carbocycles. The lowest BCUT2D eigenvalue weighted by Gasteiger charge is -2.33. The van der Waals surface area contributed by atoms with E-state index in [1.807, 2.05) is 43.3 Å². The largest absolute Gasteiger partial charge is 0.309 e. The number of benzene rings is 2. The molecule has 1 aliphatic rings. The molecule has 1 aliphatic heterocycles. The van der Waals surface area contributed by atoms with Crippen LogP contribution in [-0.2, 0) is 14.8 Å². The maximum absolute atomic E-state index is 13.6. The van der Waals surface area contributed by atoms with E-state index in [1.54, 1.807) is 12.1 Å². The van der Waals surface area contributed by atoms with Gasteiger partial charge in [0.25, 0.3) is 0 Å². The number of rotatable bonds is 8. The molecule has 1 amide bonds. The van der Waals surface area contributed by atoms with Gasteiger partial charge in [-0.3, -0.25) is 9.69 Å². The second kappa shape index (κ2) is 10.7. The molecule has 10 heteroatoms. The summed E-state index contributed by atoms with van der Waals surface area (Å²) in [6, 6.07) is 14.1. The quantitative estimate of drug-likeness (QED) is 0.442. The Morgan fingerprint density at radius 2 is 1.76 bits per heavy atom. The summed E-state index contributed by atoms with van der Waals surface area (Å²) in [4.78, 5) is 22.5. The van der Waals surface area contributed by atoms with Gasteiger partial charge in [-0.1, -0.05) is 35.1 Å². The number of nitrogens with zero attached hydrogens (tertiary/aromatic N) is 4. The number of amides is 1. The molecule has 2 aromatic carbocycles. The topological polar surface area (TPSA) is 73.8 Å². The van der Waals surface area contributed by atoms with Crippen LogP contribution in [0.3, 0.4) is 0 Å². The van der Waals surface area contributed by atoms with Gasteiger partial charge in [-0.2, -0.15) is 4.31 Å². The molecular formula is C24H29ClN4O3S2. The van der Waals surface area contributed by atoms with E-state index >= 15 is 0 Å². The molecule has 182 valence electrons. The summed E-state index contributed by atoms with van der Waals surface area (Å²) in [7, 11) is 0.422. The average molecular weight is 521 g/mol. The zero-order valence-electron chi connectivity index (χ0n) is 19.4. The number of thiazole rings is 1. The number of piperidine rings is 1. The van der Waals surface area contributed by atoms with Crippen molar-refractivity contribution >= 4 is 54.2 Å². The van der Waals surface area contributed by atoms with Crippen LogP contribution in [0, 0.1) is 5.92 Å². The third-order valence-corrected chi connectivity index (χ3v) is 9.25. The number of sulfonamides is 1. The van der Waals surface area contributed by atoms with Crippen molar-refractivity contribution in [3.05, 3.63) is 53.6 Å². The van der Waals surface area contributed by atoms with Crippen LogP contribution in [0.25, 0.3) is 10.2 Å². The highest BCUT2D eigenvalue weighted by molar-refractivity contribution is 7.89. The number of aromatic nitrogens is 1. The third-order valence-electron chi connectivity index (χ3n) is 6.02. The molecule has 0 unspecified atom stereocenters. The van der Waals surface area contributed by atoms with Gasteiger partial charge in [0, 0.05) is 30.6 Å². The molecule has 0 N–H and O–H groups in total. The van der Waals surface area contributed by atoms with E-state index in [1.165, 1.54) is 27.8 Å². The minimum atomic E-state index is -3.61. The van der Waals surface area contributed by atoms with Crippen molar-refractivity contribution in [2.24, 2.45) is 5.92 Å². The SMILES string of the molecule is CN(C)CCCN(C(=O)C1CCN(S(=O)(=O)c2ccc(Cl)cc2)CC1)c1nc2ccccc2s1. The first kappa shape index (κ1) is 25.1. The van der Waals surface area contributed by atoms with E-state index in [0.29, 0.717) is 42.6 Å². The standard InChI is InChI=1S/C24H29ClN4O3S2/c1-27(2)14-5-15-29(24-26-21-6-3-4-7-22(21)33-24)23(30)18-12-16-28(17-13-18)34(31,32)20-10-8-19(25)9-11-20/h3-4,6-11,18H,5,12-17H2,1-2H3. The number of para-hydroxylation sites is 1. The minimum absolute atomic E-state index is 0.0290. The molecule has 1 aromatic heterocycles. The molecule has 0 bridgehead atoms. The second-order valence-electron chi connectivity index (χ2n) is 8.74. The van der Waals surface area contributed by atoms with E-state index in [-0.39, 0.29) is 16.7 Å². The second-order valence-corrected chi connectivity index (χ2v) is 12.1. The number of hydrogen-bond acceptors (Lipinski definition) is 6. The normalized spacial score (nSPS) is 15.8. The van der Waals surface area contributed by atoms with Crippen molar-refractivity contribution in [1.29, 1.82) is 0 Å². The fourth-order valence-electron chi connectivity index (χ4n) is 4.14. The van der Waals surface area contributed by atoms with Crippen LogP contribution in [0.5, 0.6) is 0 Å². The lowest BCUT2D eigenvalue weighted by molar-refractivity contribution is -0.123. The Labute approximate surface area is 210 Å². The van der Waals surface area contributed by atoms with Gasteiger partial charge in [0.15, 0.2) is 5.13 Å². The molecule has 2 heterocycles. The van der Waals surface area contributed by atoms with Gasteiger partial charge >= 0.3 is 0 Å². The fourth-order valence-corrected chi connectivity index (χ4v) is 6.73. The summed E-state index contributed by atoms with van der Waals surface area (Å²) >= 11 is 7.43. The predicted molar refractivity (Wildman–Crippen MR) is 138 cm³/mol. The summed E-state index contributed by atoms with van der Waals surface area (Å²) in [5.74, 6) is -0.204. The van der Waals surface area contributed by atoms with Gasteiger partial charge < -0.3 is 4.90 Å². The van der Waals surface area contributed by atoms with Gasteiger partial charge in [-0.05, 0) is 76.3 Å². The first-order valence-electron chi connectivity index (χ1n) is 11.3. The summed E-state index contributed by atoms with van der Waals surface area (Å²) in [5.41, 5.74) is 0.886. The van der Waals surface area contributed by atoms with E-state index in [9.17, 15) is 13.2 Å². The van der Waals surface area contributed by atoms with Crippen LogP contribution in [0.2, 0.25) is 5.02 Å². The molecule has 34 heavy (non-hydrogen) atoms. The van der Waals surface area contributed by atoms with Gasteiger partial charge in [-0.15, -0.1) is 0 Å². The van der Waals surface area contributed by atoms with Gasteiger partial charge in [0.05, 0.1) is 15.1 Å². The predicted octanol–water partition coefficient (Wildman–Crippen LogP) is 4.34. The van der Waals surface area contributed by atoms with Crippen molar-refractivity contribution in [2.45, 2.75) is 24.2 Å². The Morgan fingerprint density at radius 3 is 2.41 bits per heavy atom. The van der Waals surface area contributed by atoms with Crippen molar-refractivity contribution in [3.63, 3.8) is 0 Å². The molecule has 0 spiro atoms. The zero-order valence-corrected chi connectivity index (χ0v) is 21.7. The number of anilines is 1. The smallest absolute Gasteiger partial charge is 0.243 e. The number of carbonyl (C=O) groups excluding carboxylic acids is 1. The third kappa shape index (κ3) is 5.60. The molecule has 7 nitrogen and oxygen atoms in total. The van der Waals surface area contributed by atoms with Crippen LogP contribution in [0.15, 0.2) is 53.4 Å². The maximum Gasteiger partial charge on any atom is 0.243 e. The van der Waals surface area contributed by atoms with Crippen LogP contribution >= 0.6 is 22.9 Å². The number of fused-ring (bicyclic) bond motifs is 1. The lowest BCUT2D eigenvalue weighted by Crippen LogP contribution is -2.45. The summed E-state index contributed by atoms with van der Waals surface area (Å²) in [6.45, 7) is 2.08. The summed E-state index contributed by atoms with van der Waals surface area (Å²) < 4.78 is 28.5. The molecule has 0 aliphatic carbocycles.